The van der Waals surface area contributed by atoms with Gasteiger partial charge in [0.05, 0.1) is 5.69 Å². The molecule has 92 valence electrons. The van der Waals surface area contributed by atoms with Gasteiger partial charge in [-0.2, -0.15) is 18.3 Å². The Hall–Kier alpha value is -1.04. The van der Waals surface area contributed by atoms with Gasteiger partial charge in [0.1, 0.15) is 0 Å². The van der Waals surface area contributed by atoms with E-state index >= 15 is 0 Å². The molecule has 0 aliphatic carbocycles. The van der Waals surface area contributed by atoms with E-state index in [9.17, 15) is 13.2 Å². The number of halogens is 3. The number of hydrogen-bond donors (Lipinski definition) is 1. The van der Waals surface area contributed by atoms with Crippen LogP contribution in [0.5, 0.6) is 0 Å². The number of rotatable bonds is 4. The summed E-state index contributed by atoms with van der Waals surface area (Å²) in [5, 5.41) is 4.17. The predicted molar refractivity (Wildman–Crippen MR) is 54.9 cm³/mol. The second-order valence-electron chi connectivity index (χ2n) is 3.80. The lowest BCUT2D eigenvalue weighted by Crippen LogP contribution is -2.11. The van der Waals surface area contributed by atoms with Crippen LogP contribution < -0.4 is 5.73 Å². The molecule has 3 nitrogen and oxygen atoms in total. The fraction of sp³-hybridized carbons (Fsp3) is 0.700. The van der Waals surface area contributed by atoms with Crippen LogP contribution >= 0.6 is 0 Å². The first-order valence-corrected chi connectivity index (χ1v) is 5.15. The summed E-state index contributed by atoms with van der Waals surface area (Å²) in [4.78, 5) is 0. The van der Waals surface area contributed by atoms with Crippen LogP contribution in [0.2, 0.25) is 0 Å². The summed E-state index contributed by atoms with van der Waals surface area (Å²) in [7, 11) is 0. The van der Waals surface area contributed by atoms with Gasteiger partial charge in [-0.3, -0.25) is 4.68 Å². The van der Waals surface area contributed by atoms with Crippen LogP contribution in [-0.4, -0.2) is 16.0 Å². The molecule has 2 N–H and O–H groups in total. The third-order valence-corrected chi connectivity index (χ3v) is 2.57. The molecule has 0 aliphatic heterocycles. The van der Waals surface area contributed by atoms with Crippen LogP contribution in [-0.2, 0) is 13.1 Å². The van der Waals surface area contributed by atoms with E-state index in [0.717, 1.165) is 17.0 Å². The summed E-state index contributed by atoms with van der Waals surface area (Å²) < 4.78 is 37.5. The number of alkyl halides is 3. The van der Waals surface area contributed by atoms with E-state index in [1.165, 1.54) is 0 Å². The molecule has 0 atom stereocenters. The van der Waals surface area contributed by atoms with Crippen molar-refractivity contribution in [3.63, 3.8) is 0 Å². The molecule has 0 aliphatic rings. The average Bonchev–Trinajstić information content (AvgIpc) is 2.40. The van der Waals surface area contributed by atoms with Gasteiger partial charge in [0.2, 0.25) is 0 Å². The molecule has 0 saturated heterocycles. The number of nitrogens with zero attached hydrogens (tertiary/aromatic N) is 2. The van der Waals surface area contributed by atoms with E-state index in [4.69, 9.17) is 5.73 Å². The van der Waals surface area contributed by atoms with Crippen molar-refractivity contribution < 1.29 is 13.2 Å². The van der Waals surface area contributed by atoms with Crippen molar-refractivity contribution in [3.8, 4) is 0 Å². The van der Waals surface area contributed by atoms with E-state index in [1.54, 1.807) is 4.68 Å². The lowest BCUT2D eigenvalue weighted by molar-refractivity contribution is -0.136. The van der Waals surface area contributed by atoms with E-state index in [1.807, 2.05) is 13.8 Å². The van der Waals surface area contributed by atoms with Gasteiger partial charge >= 0.3 is 6.18 Å². The molecule has 16 heavy (non-hydrogen) atoms. The van der Waals surface area contributed by atoms with Gasteiger partial charge in [-0.05, 0) is 20.3 Å². The van der Waals surface area contributed by atoms with Crippen molar-refractivity contribution in [2.75, 3.05) is 0 Å². The fourth-order valence-corrected chi connectivity index (χ4v) is 1.68. The molecule has 0 radical (unpaired) electrons. The summed E-state index contributed by atoms with van der Waals surface area (Å²) in [6.07, 6.45) is -4.81. The molecule has 0 unspecified atom stereocenters. The molecule has 0 spiro atoms. The number of aromatic nitrogens is 2. The Morgan fingerprint density at radius 3 is 2.38 bits per heavy atom. The zero-order chi connectivity index (χ0) is 12.3. The highest BCUT2D eigenvalue weighted by atomic mass is 19.4. The van der Waals surface area contributed by atoms with E-state index in [2.05, 4.69) is 5.10 Å². The van der Waals surface area contributed by atoms with Crippen LogP contribution in [0, 0.1) is 13.8 Å². The maximum absolute atomic E-state index is 12.0. The molecule has 0 bridgehead atoms. The summed E-state index contributed by atoms with van der Waals surface area (Å²) in [6.45, 7) is 4.30. The highest BCUT2D eigenvalue weighted by Crippen LogP contribution is 2.22. The lowest BCUT2D eigenvalue weighted by Gasteiger charge is -2.07. The minimum atomic E-state index is -4.09. The van der Waals surface area contributed by atoms with E-state index in [-0.39, 0.29) is 13.0 Å². The van der Waals surface area contributed by atoms with Crippen LogP contribution in [0.15, 0.2) is 0 Å². The molecule has 0 saturated carbocycles. The Balaban J connectivity index is 2.61. The second kappa shape index (κ2) is 4.86. The number of nitrogens with two attached hydrogens (primary N) is 1. The van der Waals surface area contributed by atoms with Gasteiger partial charge in [-0.1, -0.05) is 0 Å². The van der Waals surface area contributed by atoms with E-state index in [0.29, 0.717) is 6.54 Å². The topological polar surface area (TPSA) is 43.8 Å². The first-order chi connectivity index (χ1) is 7.35. The predicted octanol–water partition coefficient (Wildman–Crippen LogP) is 2.30. The van der Waals surface area contributed by atoms with E-state index < -0.39 is 12.6 Å². The van der Waals surface area contributed by atoms with Gasteiger partial charge in [-0.25, -0.2) is 0 Å². The summed E-state index contributed by atoms with van der Waals surface area (Å²) >= 11 is 0. The average molecular weight is 235 g/mol. The molecule has 1 aromatic rings. The van der Waals surface area contributed by atoms with Crippen LogP contribution in [0.4, 0.5) is 13.2 Å². The summed E-state index contributed by atoms with van der Waals surface area (Å²) in [5.41, 5.74) is 8.11. The monoisotopic (exact) mass is 235 g/mol. The van der Waals surface area contributed by atoms with Crippen LogP contribution in [0.1, 0.15) is 29.8 Å². The van der Waals surface area contributed by atoms with Crippen molar-refractivity contribution in [2.24, 2.45) is 5.73 Å². The van der Waals surface area contributed by atoms with Crippen molar-refractivity contribution in [3.05, 3.63) is 17.0 Å². The highest BCUT2D eigenvalue weighted by molar-refractivity contribution is 5.23. The molecule has 1 heterocycles. The van der Waals surface area contributed by atoms with Gasteiger partial charge in [0.15, 0.2) is 0 Å². The fourth-order valence-electron chi connectivity index (χ4n) is 1.68. The molecule has 1 rings (SSSR count). The largest absolute Gasteiger partial charge is 0.389 e. The van der Waals surface area contributed by atoms with Crippen LogP contribution in [0.3, 0.4) is 0 Å². The van der Waals surface area contributed by atoms with Gasteiger partial charge in [0.25, 0.3) is 0 Å². The first kappa shape index (κ1) is 13.0. The number of hydrogen-bond acceptors (Lipinski definition) is 2. The second-order valence-corrected chi connectivity index (χ2v) is 3.80. The standard InChI is InChI=1S/C10H16F3N3/c1-7-9(6-14)8(2)16(15-7)5-3-4-10(11,12)13/h3-6,14H2,1-2H3. The zero-order valence-electron chi connectivity index (χ0n) is 9.43. The third kappa shape index (κ3) is 3.23. The summed E-state index contributed by atoms with van der Waals surface area (Å²) in [6, 6.07) is 0. The maximum atomic E-state index is 12.0. The molecular formula is C10H16F3N3. The quantitative estimate of drug-likeness (QED) is 0.870. The minimum Gasteiger partial charge on any atom is -0.326 e. The lowest BCUT2D eigenvalue weighted by atomic mass is 10.2. The molecule has 0 amide bonds. The molecular weight excluding hydrogens is 219 g/mol. The highest BCUT2D eigenvalue weighted by Gasteiger charge is 2.26. The van der Waals surface area contributed by atoms with Crippen molar-refractivity contribution >= 4 is 0 Å². The number of aryl methyl sites for hydroxylation is 2. The molecule has 1 aromatic heterocycles. The molecule has 6 heteroatoms. The maximum Gasteiger partial charge on any atom is 0.389 e. The van der Waals surface area contributed by atoms with Gasteiger partial charge in [0, 0.05) is 30.8 Å². The minimum absolute atomic E-state index is 0.0511. The Bertz CT molecular complexity index is 355. The molecule has 0 fully saturated rings. The van der Waals surface area contributed by atoms with Crippen molar-refractivity contribution in [2.45, 2.75) is 46.0 Å². The van der Waals surface area contributed by atoms with Crippen molar-refractivity contribution in [1.29, 1.82) is 0 Å². The van der Waals surface area contributed by atoms with Crippen molar-refractivity contribution in [1.82, 2.24) is 9.78 Å². The zero-order valence-corrected chi connectivity index (χ0v) is 9.43. The Kier molecular flexibility index (Phi) is 3.96. The Morgan fingerprint density at radius 2 is 1.94 bits per heavy atom. The Morgan fingerprint density at radius 1 is 1.31 bits per heavy atom. The Labute approximate surface area is 92.4 Å². The van der Waals surface area contributed by atoms with Gasteiger partial charge in [-0.15, -0.1) is 0 Å². The SMILES string of the molecule is Cc1nn(CCCC(F)(F)F)c(C)c1CN. The summed E-state index contributed by atoms with van der Waals surface area (Å²) in [5.74, 6) is 0. The smallest absolute Gasteiger partial charge is 0.326 e. The third-order valence-electron chi connectivity index (χ3n) is 2.57. The first-order valence-electron chi connectivity index (χ1n) is 5.15. The van der Waals surface area contributed by atoms with Crippen LogP contribution in [0.25, 0.3) is 0 Å². The normalized spacial score (nSPS) is 12.1. The van der Waals surface area contributed by atoms with Gasteiger partial charge < -0.3 is 5.73 Å². The molecule has 0 aromatic carbocycles.